The Balaban J connectivity index is 1.81. The first-order valence-electron chi connectivity index (χ1n) is 8.68. The number of para-hydroxylation sites is 1. The number of hydrogen-bond donors (Lipinski definition) is 0. The number of anilines is 1. The van der Waals surface area contributed by atoms with Crippen molar-refractivity contribution in [1.29, 1.82) is 0 Å². The zero-order valence-electron chi connectivity index (χ0n) is 15.7. The van der Waals surface area contributed by atoms with Crippen LogP contribution in [0.4, 0.5) is 5.69 Å². The van der Waals surface area contributed by atoms with E-state index in [1.165, 1.54) is 27.0 Å². The van der Waals surface area contributed by atoms with Crippen molar-refractivity contribution in [3.8, 4) is 17.2 Å². The second-order valence-electron chi connectivity index (χ2n) is 6.12. The van der Waals surface area contributed by atoms with Gasteiger partial charge in [0.15, 0.2) is 11.5 Å². The smallest absolute Gasteiger partial charge is 0.255 e. The van der Waals surface area contributed by atoms with Gasteiger partial charge in [-0.2, -0.15) is 0 Å². The van der Waals surface area contributed by atoms with E-state index in [-0.39, 0.29) is 5.91 Å². The average molecular weight is 435 g/mol. The lowest BCUT2D eigenvalue weighted by Gasteiger charge is -2.36. The van der Waals surface area contributed by atoms with Crippen molar-refractivity contribution < 1.29 is 19.0 Å². The maximum Gasteiger partial charge on any atom is 0.255 e. The van der Waals surface area contributed by atoms with Gasteiger partial charge >= 0.3 is 0 Å². The highest BCUT2D eigenvalue weighted by molar-refractivity contribution is 9.10. The van der Waals surface area contributed by atoms with Crippen LogP contribution in [0, 0.1) is 0 Å². The average Bonchev–Trinajstić information content (AvgIpc) is 2.73. The first kappa shape index (κ1) is 19.4. The van der Waals surface area contributed by atoms with Crippen LogP contribution in [-0.4, -0.2) is 58.3 Å². The van der Waals surface area contributed by atoms with E-state index in [4.69, 9.17) is 14.2 Å². The van der Waals surface area contributed by atoms with E-state index >= 15 is 0 Å². The molecule has 0 unspecified atom stereocenters. The maximum absolute atomic E-state index is 13.1. The van der Waals surface area contributed by atoms with Crippen molar-refractivity contribution in [3.63, 3.8) is 0 Å². The summed E-state index contributed by atoms with van der Waals surface area (Å²) in [6.07, 6.45) is 0. The summed E-state index contributed by atoms with van der Waals surface area (Å²) >= 11 is 3.49. The molecular weight excluding hydrogens is 412 g/mol. The monoisotopic (exact) mass is 434 g/mol. The third-order valence-corrected chi connectivity index (χ3v) is 5.48. The van der Waals surface area contributed by atoms with Crippen LogP contribution in [0.2, 0.25) is 0 Å². The first-order valence-corrected chi connectivity index (χ1v) is 9.47. The fourth-order valence-corrected chi connectivity index (χ4v) is 3.88. The molecule has 1 aliphatic heterocycles. The molecular formula is C20H23BrN2O4. The third-order valence-electron chi connectivity index (χ3n) is 4.69. The van der Waals surface area contributed by atoms with Crippen molar-refractivity contribution in [2.24, 2.45) is 0 Å². The van der Waals surface area contributed by atoms with Gasteiger partial charge < -0.3 is 24.0 Å². The van der Waals surface area contributed by atoms with E-state index in [0.717, 1.165) is 13.1 Å². The minimum atomic E-state index is -0.0613. The van der Waals surface area contributed by atoms with Crippen LogP contribution >= 0.6 is 15.9 Å². The molecule has 27 heavy (non-hydrogen) atoms. The predicted octanol–water partition coefficient (Wildman–Crippen LogP) is 3.44. The lowest BCUT2D eigenvalue weighted by molar-refractivity contribution is 0.0745. The number of hydrogen-bond acceptors (Lipinski definition) is 5. The number of amides is 1. The van der Waals surface area contributed by atoms with Crippen molar-refractivity contribution in [3.05, 3.63) is 46.4 Å². The molecule has 1 saturated heterocycles. The summed E-state index contributed by atoms with van der Waals surface area (Å²) in [5.74, 6) is 1.30. The van der Waals surface area contributed by atoms with Crippen LogP contribution in [0.5, 0.6) is 17.2 Å². The van der Waals surface area contributed by atoms with E-state index in [1.54, 1.807) is 6.07 Å². The van der Waals surface area contributed by atoms with Crippen molar-refractivity contribution in [2.45, 2.75) is 0 Å². The number of halogens is 1. The van der Waals surface area contributed by atoms with Crippen LogP contribution < -0.4 is 19.1 Å². The van der Waals surface area contributed by atoms with Crippen LogP contribution in [0.15, 0.2) is 40.9 Å². The first-order chi connectivity index (χ1) is 13.1. The van der Waals surface area contributed by atoms with Gasteiger partial charge in [-0.05, 0) is 34.1 Å². The summed E-state index contributed by atoms with van der Waals surface area (Å²) in [5.41, 5.74) is 1.68. The Labute approximate surface area is 167 Å². The van der Waals surface area contributed by atoms with Crippen LogP contribution in [0.1, 0.15) is 10.4 Å². The van der Waals surface area contributed by atoms with E-state index in [9.17, 15) is 4.79 Å². The fraction of sp³-hybridized carbons (Fsp3) is 0.350. The quantitative estimate of drug-likeness (QED) is 0.721. The summed E-state index contributed by atoms with van der Waals surface area (Å²) in [7, 11) is 4.62. The van der Waals surface area contributed by atoms with Crippen LogP contribution in [0.25, 0.3) is 0 Å². The van der Waals surface area contributed by atoms with Gasteiger partial charge in [-0.25, -0.2) is 0 Å². The van der Waals surface area contributed by atoms with Crippen molar-refractivity contribution >= 4 is 27.5 Å². The van der Waals surface area contributed by atoms with E-state index in [1.807, 2.05) is 23.1 Å². The Morgan fingerprint density at radius 2 is 1.56 bits per heavy atom. The molecule has 0 spiro atoms. The number of piperazine rings is 1. The van der Waals surface area contributed by atoms with Crippen molar-refractivity contribution in [2.75, 3.05) is 52.4 Å². The molecule has 7 heteroatoms. The number of ether oxygens (including phenoxy) is 3. The Morgan fingerprint density at radius 3 is 2.11 bits per heavy atom. The zero-order valence-corrected chi connectivity index (χ0v) is 17.3. The van der Waals surface area contributed by atoms with Gasteiger partial charge in [0.05, 0.1) is 31.4 Å². The molecule has 0 atom stereocenters. The molecule has 1 fully saturated rings. The van der Waals surface area contributed by atoms with Gasteiger partial charge in [-0.15, -0.1) is 0 Å². The minimum Gasteiger partial charge on any atom is -0.493 e. The van der Waals surface area contributed by atoms with Crippen LogP contribution in [0.3, 0.4) is 0 Å². The molecule has 144 valence electrons. The Bertz CT molecular complexity index is 805. The molecule has 0 aromatic heterocycles. The molecule has 1 heterocycles. The summed E-state index contributed by atoms with van der Waals surface area (Å²) in [5, 5.41) is 0. The molecule has 0 radical (unpaired) electrons. The molecule has 2 aromatic carbocycles. The predicted molar refractivity (Wildman–Crippen MR) is 108 cm³/mol. The van der Waals surface area contributed by atoms with Crippen molar-refractivity contribution in [1.82, 2.24) is 4.90 Å². The minimum absolute atomic E-state index is 0.0613. The highest BCUT2D eigenvalue weighted by Gasteiger charge is 2.28. The van der Waals surface area contributed by atoms with E-state index < -0.39 is 0 Å². The van der Waals surface area contributed by atoms with Gasteiger partial charge in [0.2, 0.25) is 5.75 Å². The lowest BCUT2D eigenvalue weighted by atomic mass is 10.1. The number of benzene rings is 2. The molecule has 0 bridgehead atoms. The standard InChI is InChI=1S/C20H23BrN2O4/c1-25-16-13-15(17(21)19(27-3)18(16)26-2)20(24)23-11-9-22(10-12-23)14-7-5-4-6-8-14/h4-8,13H,9-12H2,1-3H3. The number of carbonyl (C=O) groups is 1. The van der Waals surface area contributed by atoms with Gasteiger partial charge in [0, 0.05) is 31.9 Å². The number of rotatable bonds is 5. The number of methoxy groups -OCH3 is 3. The van der Waals surface area contributed by atoms with Gasteiger partial charge in [-0.1, -0.05) is 18.2 Å². The van der Waals surface area contributed by atoms with Gasteiger partial charge in [0.1, 0.15) is 0 Å². The van der Waals surface area contributed by atoms with Crippen LogP contribution in [-0.2, 0) is 0 Å². The SMILES string of the molecule is COc1cc(C(=O)N2CCN(c3ccccc3)CC2)c(Br)c(OC)c1OC. The molecule has 0 N–H and O–H groups in total. The summed E-state index contributed by atoms with van der Waals surface area (Å²) in [6, 6.07) is 11.9. The van der Waals surface area contributed by atoms with Gasteiger partial charge in [0.25, 0.3) is 5.91 Å². The molecule has 2 aromatic rings. The fourth-order valence-electron chi connectivity index (χ4n) is 3.25. The molecule has 1 amide bonds. The zero-order chi connectivity index (χ0) is 19.4. The Kier molecular flexibility index (Phi) is 6.11. The highest BCUT2D eigenvalue weighted by Crippen LogP contribution is 2.45. The third kappa shape index (κ3) is 3.83. The van der Waals surface area contributed by atoms with E-state index in [2.05, 4.69) is 33.0 Å². The number of carbonyl (C=O) groups excluding carboxylic acids is 1. The Morgan fingerprint density at radius 1 is 0.926 bits per heavy atom. The summed E-state index contributed by atoms with van der Waals surface area (Å²) in [6.45, 7) is 2.88. The van der Waals surface area contributed by atoms with E-state index in [0.29, 0.717) is 40.4 Å². The van der Waals surface area contributed by atoms with Gasteiger partial charge in [-0.3, -0.25) is 4.79 Å². The number of nitrogens with zero attached hydrogens (tertiary/aromatic N) is 2. The molecule has 0 saturated carbocycles. The summed E-state index contributed by atoms with van der Waals surface area (Å²) < 4.78 is 16.8. The lowest BCUT2D eigenvalue weighted by Crippen LogP contribution is -2.48. The maximum atomic E-state index is 13.1. The second kappa shape index (κ2) is 8.52. The highest BCUT2D eigenvalue weighted by atomic mass is 79.9. The molecule has 3 rings (SSSR count). The molecule has 0 aliphatic carbocycles. The second-order valence-corrected chi connectivity index (χ2v) is 6.91. The topological polar surface area (TPSA) is 51.2 Å². The largest absolute Gasteiger partial charge is 0.493 e. The normalized spacial score (nSPS) is 14.1. The molecule has 6 nitrogen and oxygen atoms in total. The molecule has 1 aliphatic rings. The Hall–Kier alpha value is -2.41. The summed E-state index contributed by atoms with van der Waals surface area (Å²) in [4.78, 5) is 17.3.